The Morgan fingerprint density at radius 1 is 0.615 bits per heavy atom. The van der Waals surface area contributed by atoms with Crippen molar-refractivity contribution in [3.63, 3.8) is 0 Å². The summed E-state index contributed by atoms with van der Waals surface area (Å²) in [4.78, 5) is 10.6. The number of nitrogen functional groups attached to an aromatic ring is 5. The van der Waals surface area contributed by atoms with Crippen molar-refractivity contribution in [3.05, 3.63) is 54.1 Å². The Labute approximate surface area is 151 Å². The minimum Gasteiger partial charge on any atom is -0.397 e. The second kappa shape index (κ2) is 6.64. The highest BCUT2D eigenvalue weighted by Crippen LogP contribution is 2.36. The van der Waals surface area contributed by atoms with Crippen LogP contribution in [0.25, 0.3) is 11.1 Å². The molecular weight excluding hydrogens is 330 g/mol. The average molecular weight is 351 g/mol. The third-order valence-corrected chi connectivity index (χ3v) is 3.97. The summed E-state index contributed by atoms with van der Waals surface area (Å²) in [5, 5.41) is 0. The van der Waals surface area contributed by atoms with Gasteiger partial charge in [0, 0.05) is 12.1 Å². The summed E-state index contributed by atoms with van der Waals surface area (Å²) >= 11 is 0. The molecule has 0 spiro atoms. The molecular formula is C19H21N5O2. The number of hydrogen-bond acceptors (Lipinski definition) is 7. The van der Waals surface area contributed by atoms with Gasteiger partial charge in [0.2, 0.25) is 5.75 Å². The van der Waals surface area contributed by atoms with E-state index < -0.39 is 0 Å². The highest BCUT2D eigenvalue weighted by molar-refractivity contribution is 5.80. The molecule has 0 aliphatic heterocycles. The number of nitrogens with two attached hydrogens (primary N) is 5. The second-order valence-electron chi connectivity index (χ2n) is 6.03. The standard InChI is InChI=1S/C19H21N5O2/c1-10-2-4-11(5-3-10)12-6-16(22)19(17(23)7-12)26-25-13-8-14(20)18(24)15(21)9-13/h2-9H,20-24H2,1H3. The molecule has 0 saturated heterocycles. The molecule has 134 valence electrons. The van der Waals surface area contributed by atoms with Crippen molar-refractivity contribution in [3.8, 4) is 22.6 Å². The summed E-state index contributed by atoms with van der Waals surface area (Å²) in [5.41, 5.74) is 34.0. The molecule has 0 atom stereocenters. The molecule has 0 amide bonds. The van der Waals surface area contributed by atoms with Crippen molar-refractivity contribution in [2.24, 2.45) is 0 Å². The Kier molecular flexibility index (Phi) is 4.36. The Morgan fingerprint density at radius 3 is 1.69 bits per heavy atom. The first-order chi connectivity index (χ1) is 12.3. The number of hydrogen-bond donors (Lipinski definition) is 5. The van der Waals surface area contributed by atoms with Crippen LogP contribution < -0.4 is 38.4 Å². The van der Waals surface area contributed by atoms with E-state index in [2.05, 4.69) is 0 Å². The molecule has 0 heterocycles. The third kappa shape index (κ3) is 3.36. The van der Waals surface area contributed by atoms with Crippen LogP contribution in [0.3, 0.4) is 0 Å². The van der Waals surface area contributed by atoms with Gasteiger partial charge >= 0.3 is 0 Å². The van der Waals surface area contributed by atoms with Crippen LogP contribution in [0.15, 0.2) is 48.5 Å². The van der Waals surface area contributed by atoms with Gasteiger partial charge in [-0.25, -0.2) is 0 Å². The van der Waals surface area contributed by atoms with Gasteiger partial charge in [-0.05, 0) is 30.2 Å². The molecule has 7 heteroatoms. The van der Waals surface area contributed by atoms with Crippen LogP contribution in [0.1, 0.15) is 5.56 Å². The van der Waals surface area contributed by atoms with Crippen molar-refractivity contribution in [2.75, 3.05) is 28.7 Å². The Hall–Kier alpha value is -3.74. The normalized spacial score (nSPS) is 10.5. The van der Waals surface area contributed by atoms with Gasteiger partial charge in [0.25, 0.3) is 0 Å². The fraction of sp³-hybridized carbons (Fsp3) is 0.0526. The van der Waals surface area contributed by atoms with E-state index in [4.69, 9.17) is 38.4 Å². The molecule has 0 bridgehead atoms. The van der Waals surface area contributed by atoms with Gasteiger partial charge < -0.3 is 28.7 Å². The van der Waals surface area contributed by atoms with Gasteiger partial charge in [0.15, 0.2) is 5.75 Å². The lowest BCUT2D eigenvalue weighted by molar-refractivity contribution is -0.0982. The van der Waals surface area contributed by atoms with Crippen molar-refractivity contribution in [1.82, 2.24) is 0 Å². The lowest BCUT2D eigenvalue weighted by Crippen LogP contribution is -2.07. The smallest absolute Gasteiger partial charge is 0.224 e. The zero-order valence-corrected chi connectivity index (χ0v) is 14.3. The van der Waals surface area contributed by atoms with Crippen LogP contribution >= 0.6 is 0 Å². The highest BCUT2D eigenvalue weighted by atomic mass is 17.2. The number of aryl methyl sites for hydroxylation is 1. The monoisotopic (exact) mass is 351 g/mol. The fourth-order valence-corrected chi connectivity index (χ4v) is 2.49. The Balaban J connectivity index is 1.84. The van der Waals surface area contributed by atoms with E-state index in [1.807, 2.05) is 31.2 Å². The van der Waals surface area contributed by atoms with E-state index in [1.54, 1.807) is 12.1 Å². The summed E-state index contributed by atoms with van der Waals surface area (Å²) < 4.78 is 0. The minimum absolute atomic E-state index is 0.217. The van der Waals surface area contributed by atoms with Gasteiger partial charge in [0.1, 0.15) is 0 Å². The summed E-state index contributed by atoms with van der Waals surface area (Å²) in [6.45, 7) is 2.03. The number of benzene rings is 3. The summed E-state index contributed by atoms with van der Waals surface area (Å²) in [5.74, 6) is 0.505. The van der Waals surface area contributed by atoms with Crippen LogP contribution in [0.5, 0.6) is 11.5 Å². The van der Waals surface area contributed by atoms with E-state index in [1.165, 1.54) is 17.7 Å². The first-order valence-corrected chi connectivity index (χ1v) is 7.90. The van der Waals surface area contributed by atoms with Crippen molar-refractivity contribution in [2.45, 2.75) is 6.92 Å². The molecule has 3 rings (SSSR count). The summed E-state index contributed by atoms with van der Waals surface area (Å²) in [7, 11) is 0. The molecule has 0 aliphatic carbocycles. The molecule has 3 aromatic carbocycles. The first-order valence-electron chi connectivity index (χ1n) is 7.90. The van der Waals surface area contributed by atoms with Crippen LogP contribution in [0.4, 0.5) is 28.4 Å². The van der Waals surface area contributed by atoms with Crippen LogP contribution in [-0.2, 0) is 0 Å². The maximum Gasteiger partial charge on any atom is 0.224 e. The van der Waals surface area contributed by atoms with Crippen LogP contribution in [0, 0.1) is 6.92 Å². The predicted molar refractivity (Wildman–Crippen MR) is 106 cm³/mol. The van der Waals surface area contributed by atoms with E-state index in [-0.39, 0.29) is 11.5 Å². The zero-order chi connectivity index (χ0) is 18.8. The van der Waals surface area contributed by atoms with Crippen LogP contribution in [0.2, 0.25) is 0 Å². The maximum atomic E-state index is 6.08. The van der Waals surface area contributed by atoms with Crippen molar-refractivity contribution in [1.29, 1.82) is 0 Å². The Morgan fingerprint density at radius 2 is 1.15 bits per heavy atom. The highest BCUT2D eigenvalue weighted by Gasteiger charge is 2.12. The molecule has 3 aromatic rings. The largest absolute Gasteiger partial charge is 0.397 e. The fourth-order valence-electron chi connectivity index (χ4n) is 2.49. The molecule has 0 fully saturated rings. The molecule has 26 heavy (non-hydrogen) atoms. The molecule has 0 radical (unpaired) electrons. The van der Waals surface area contributed by atoms with E-state index in [9.17, 15) is 0 Å². The minimum atomic E-state index is 0.217. The van der Waals surface area contributed by atoms with E-state index in [0.717, 1.165) is 11.1 Å². The number of rotatable bonds is 4. The molecule has 7 nitrogen and oxygen atoms in total. The zero-order valence-electron chi connectivity index (χ0n) is 14.3. The van der Waals surface area contributed by atoms with E-state index >= 15 is 0 Å². The molecule has 0 aliphatic rings. The number of anilines is 5. The summed E-state index contributed by atoms with van der Waals surface area (Å²) in [6.07, 6.45) is 0. The maximum absolute atomic E-state index is 6.08. The topological polar surface area (TPSA) is 149 Å². The van der Waals surface area contributed by atoms with Gasteiger partial charge in [-0.3, -0.25) is 9.78 Å². The lowest BCUT2D eigenvalue weighted by atomic mass is 10.0. The van der Waals surface area contributed by atoms with Gasteiger partial charge in [-0.15, -0.1) is 0 Å². The van der Waals surface area contributed by atoms with Gasteiger partial charge in [0.05, 0.1) is 28.4 Å². The second-order valence-corrected chi connectivity index (χ2v) is 6.03. The van der Waals surface area contributed by atoms with E-state index in [0.29, 0.717) is 28.4 Å². The molecule has 0 aromatic heterocycles. The predicted octanol–water partition coefficient (Wildman–Crippen LogP) is 2.95. The SMILES string of the molecule is Cc1ccc(-c2cc(N)c(OOc3cc(N)c(N)c(N)c3)c(N)c2)cc1. The van der Waals surface area contributed by atoms with Gasteiger partial charge in [-0.1, -0.05) is 29.8 Å². The van der Waals surface area contributed by atoms with Crippen LogP contribution in [-0.4, -0.2) is 0 Å². The first kappa shape index (κ1) is 17.1. The van der Waals surface area contributed by atoms with Crippen molar-refractivity contribution >= 4 is 28.4 Å². The molecule has 0 saturated carbocycles. The molecule has 0 unspecified atom stereocenters. The third-order valence-electron chi connectivity index (χ3n) is 3.97. The average Bonchev–Trinajstić information content (AvgIpc) is 2.59. The molecule has 10 N–H and O–H groups in total. The lowest BCUT2D eigenvalue weighted by Gasteiger charge is -2.13. The van der Waals surface area contributed by atoms with Gasteiger partial charge in [-0.2, -0.15) is 0 Å². The quantitative estimate of drug-likeness (QED) is 0.275. The summed E-state index contributed by atoms with van der Waals surface area (Å²) in [6, 6.07) is 14.6. The Bertz CT molecular complexity index is 909. The van der Waals surface area contributed by atoms with Crippen molar-refractivity contribution < 1.29 is 9.78 Å².